The van der Waals surface area contributed by atoms with E-state index < -0.39 is 0 Å². The number of amides is 1. The van der Waals surface area contributed by atoms with E-state index >= 15 is 0 Å². The van der Waals surface area contributed by atoms with E-state index in [-0.39, 0.29) is 18.6 Å². The molecule has 5 heteroatoms. The van der Waals surface area contributed by atoms with Gasteiger partial charge in [0.15, 0.2) is 0 Å². The van der Waals surface area contributed by atoms with Gasteiger partial charge in [0, 0.05) is 18.3 Å². The van der Waals surface area contributed by atoms with Gasteiger partial charge >= 0.3 is 0 Å². The van der Waals surface area contributed by atoms with Crippen LogP contribution in [0.1, 0.15) is 20.3 Å². The molecule has 112 valence electrons. The van der Waals surface area contributed by atoms with Gasteiger partial charge in [-0.3, -0.25) is 9.69 Å². The number of ether oxygens (including phenoxy) is 1. The number of methoxy groups -OCH3 is 1. The molecule has 0 aliphatic carbocycles. The second-order valence-electron chi connectivity index (χ2n) is 4.67. The molecule has 0 bridgehead atoms. The Morgan fingerprint density at radius 2 is 2.20 bits per heavy atom. The number of hydrogen-bond donors (Lipinski definition) is 2. The van der Waals surface area contributed by atoms with Crippen molar-refractivity contribution in [3.05, 3.63) is 24.3 Å². The van der Waals surface area contributed by atoms with Crippen molar-refractivity contribution < 1.29 is 14.6 Å². The van der Waals surface area contributed by atoms with E-state index in [9.17, 15) is 9.90 Å². The van der Waals surface area contributed by atoms with Crippen molar-refractivity contribution in [1.82, 2.24) is 4.90 Å². The number of carbonyl (C=O) groups excluding carboxylic acids is 1. The van der Waals surface area contributed by atoms with Gasteiger partial charge in [0.05, 0.1) is 19.8 Å². The van der Waals surface area contributed by atoms with Crippen molar-refractivity contribution in [3.63, 3.8) is 0 Å². The summed E-state index contributed by atoms with van der Waals surface area (Å²) in [5, 5.41) is 12.5. The Balaban J connectivity index is 2.52. The number of nitrogens with one attached hydrogen (secondary N) is 1. The number of nitrogens with zero attached hydrogens (tertiary/aromatic N) is 1. The second-order valence-corrected chi connectivity index (χ2v) is 4.67. The fraction of sp³-hybridized carbons (Fsp3) is 0.533. The van der Waals surface area contributed by atoms with Crippen molar-refractivity contribution in [2.24, 2.45) is 0 Å². The third-order valence-electron chi connectivity index (χ3n) is 3.11. The van der Waals surface area contributed by atoms with Crippen molar-refractivity contribution in [3.8, 4) is 5.75 Å². The molecule has 0 heterocycles. The minimum atomic E-state index is -0.389. The Kier molecular flexibility index (Phi) is 7.04. The van der Waals surface area contributed by atoms with Crippen molar-refractivity contribution >= 4 is 11.6 Å². The van der Waals surface area contributed by atoms with E-state index in [1.54, 1.807) is 13.2 Å². The smallest absolute Gasteiger partial charge is 0.238 e. The summed E-state index contributed by atoms with van der Waals surface area (Å²) in [5.41, 5.74) is 0.710. The van der Waals surface area contributed by atoms with E-state index in [4.69, 9.17) is 4.74 Å². The Morgan fingerprint density at radius 1 is 1.45 bits per heavy atom. The highest BCUT2D eigenvalue weighted by molar-refractivity contribution is 5.92. The highest BCUT2D eigenvalue weighted by Crippen LogP contribution is 2.16. The summed E-state index contributed by atoms with van der Waals surface area (Å²) in [4.78, 5) is 13.9. The average molecular weight is 280 g/mol. The van der Waals surface area contributed by atoms with Crippen molar-refractivity contribution in [1.29, 1.82) is 0 Å². The zero-order valence-electron chi connectivity index (χ0n) is 12.4. The van der Waals surface area contributed by atoms with Crippen LogP contribution in [-0.2, 0) is 4.79 Å². The molecule has 2 N–H and O–H groups in total. The molecule has 5 nitrogen and oxygen atoms in total. The van der Waals surface area contributed by atoms with Crippen LogP contribution in [0.4, 0.5) is 5.69 Å². The first-order chi connectivity index (χ1) is 9.58. The van der Waals surface area contributed by atoms with Gasteiger partial charge in [-0.2, -0.15) is 0 Å². The number of rotatable bonds is 8. The lowest BCUT2D eigenvalue weighted by molar-refractivity contribution is -0.117. The molecule has 0 radical (unpaired) electrons. The highest BCUT2D eigenvalue weighted by Gasteiger charge is 2.12. The molecule has 0 saturated heterocycles. The summed E-state index contributed by atoms with van der Waals surface area (Å²) >= 11 is 0. The predicted octanol–water partition coefficient (Wildman–Crippen LogP) is 1.73. The van der Waals surface area contributed by atoms with Crippen molar-refractivity contribution in [2.45, 2.75) is 26.4 Å². The van der Waals surface area contributed by atoms with Gasteiger partial charge in [0.1, 0.15) is 5.75 Å². The molecule has 0 saturated carbocycles. The molecule has 0 aliphatic heterocycles. The Hall–Kier alpha value is -1.59. The SMILES string of the molecule is CCC(O)CN(CC)CC(=O)Nc1cccc(OC)c1. The van der Waals surface area contributed by atoms with Crippen LogP contribution in [0.25, 0.3) is 0 Å². The zero-order chi connectivity index (χ0) is 15.0. The molecule has 1 amide bonds. The van der Waals surface area contributed by atoms with Crippen LogP contribution in [0.5, 0.6) is 5.75 Å². The second kappa shape index (κ2) is 8.55. The van der Waals surface area contributed by atoms with Gasteiger partial charge in [-0.05, 0) is 25.1 Å². The molecule has 20 heavy (non-hydrogen) atoms. The number of likely N-dealkylation sites (N-methyl/N-ethyl adjacent to an activating group) is 1. The molecule has 0 aromatic heterocycles. The molecule has 1 aromatic rings. The first-order valence-electron chi connectivity index (χ1n) is 6.93. The standard InChI is InChI=1S/C15H24N2O3/c1-4-13(18)10-17(5-2)11-15(19)16-12-7-6-8-14(9-12)20-3/h6-9,13,18H,4-5,10-11H2,1-3H3,(H,16,19). The topological polar surface area (TPSA) is 61.8 Å². The van der Waals surface area contributed by atoms with Crippen LogP contribution in [-0.4, -0.2) is 48.8 Å². The number of carbonyl (C=O) groups is 1. The lowest BCUT2D eigenvalue weighted by Crippen LogP contribution is -2.38. The van der Waals surface area contributed by atoms with Crippen LogP contribution < -0.4 is 10.1 Å². The van der Waals surface area contributed by atoms with E-state index in [2.05, 4.69) is 5.32 Å². The summed E-state index contributed by atoms with van der Waals surface area (Å²) in [5.74, 6) is 0.611. The highest BCUT2D eigenvalue weighted by atomic mass is 16.5. The molecule has 1 unspecified atom stereocenters. The van der Waals surface area contributed by atoms with E-state index in [0.29, 0.717) is 24.4 Å². The maximum atomic E-state index is 12.0. The normalized spacial score (nSPS) is 12.2. The fourth-order valence-corrected chi connectivity index (χ4v) is 1.84. The van der Waals surface area contributed by atoms with Crippen LogP contribution >= 0.6 is 0 Å². The fourth-order valence-electron chi connectivity index (χ4n) is 1.84. The van der Waals surface area contributed by atoms with Gasteiger partial charge < -0.3 is 15.2 Å². The molecule has 0 aliphatic rings. The minimum Gasteiger partial charge on any atom is -0.497 e. The van der Waals surface area contributed by atoms with Crippen molar-refractivity contribution in [2.75, 3.05) is 32.1 Å². The van der Waals surface area contributed by atoms with Gasteiger partial charge in [-0.15, -0.1) is 0 Å². The number of aliphatic hydroxyl groups excluding tert-OH is 1. The van der Waals surface area contributed by atoms with Gasteiger partial charge in [0.2, 0.25) is 5.91 Å². The lowest BCUT2D eigenvalue weighted by Gasteiger charge is -2.22. The van der Waals surface area contributed by atoms with Crippen LogP contribution in [0.3, 0.4) is 0 Å². The number of anilines is 1. The third-order valence-corrected chi connectivity index (χ3v) is 3.11. The number of benzene rings is 1. The van der Waals surface area contributed by atoms with Gasteiger partial charge in [-0.1, -0.05) is 19.9 Å². The molecule has 1 atom stereocenters. The van der Waals surface area contributed by atoms with Crippen LogP contribution in [0.2, 0.25) is 0 Å². The van der Waals surface area contributed by atoms with E-state index in [1.165, 1.54) is 0 Å². The van der Waals surface area contributed by atoms with E-state index in [0.717, 1.165) is 6.54 Å². The Bertz CT molecular complexity index is 423. The van der Waals surface area contributed by atoms with Gasteiger partial charge in [0.25, 0.3) is 0 Å². The summed E-state index contributed by atoms with van der Waals surface area (Å²) in [6.07, 6.45) is 0.299. The van der Waals surface area contributed by atoms with Gasteiger partial charge in [-0.25, -0.2) is 0 Å². The molecule has 1 rings (SSSR count). The molecular weight excluding hydrogens is 256 g/mol. The Morgan fingerprint density at radius 3 is 2.80 bits per heavy atom. The van der Waals surface area contributed by atoms with Crippen LogP contribution in [0.15, 0.2) is 24.3 Å². The van der Waals surface area contributed by atoms with E-state index in [1.807, 2.05) is 36.9 Å². The minimum absolute atomic E-state index is 0.0941. The summed E-state index contributed by atoms with van der Waals surface area (Å²) < 4.78 is 5.11. The molecule has 1 aromatic carbocycles. The third kappa shape index (κ3) is 5.59. The maximum Gasteiger partial charge on any atom is 0.238 e. The molecule has 0 spiro atoms. The largest absolute Gasteiger partial charge is 0.497 e. The lowest BCUT2D eigenvalue weighted by atomic mass is 10.2. The first-order valence-corrected chi connectivity index (χ1v) is 6.93. The number of hydrogen-bond acceptors (Lipinski definition) is 4. The molecular formula is C15H24N2O3. The maximum absolute atomic E-state index is 12.0. The summed E-state index contributed by atoms with van der Waals surface area (Å²) in [6.45, 7) is 5.40. The summed E-state index contributed by atoms with van der Waals surface area (Å²) in [7, 11) is 1.59. The first kappa shape index (κ1) is 16.5. The quantitative estimate of drug-likeness (QED) is 0.761. The predicted molar refractivity (Wildman–Crippen MR) is 80.0 cm³/mol. The zero-order valence-corrected chi connectivity index (χ0v) is 12.4. The Labute approximate surface area is 120 Å². The molecule has 0 fully saturated rings. The van der Waals surface area contributed by atoms with Crippen LogP contribution in [0, 0.1) is 0 Å². The monoisotopic (exact) mass is 280 g/mol. The summed E-state index contributed by atoms with van der Waals surface area (Å²) in [6, 6.07) is 7.24. The number of aliphatic hydroxyl groups is 1. The average Bonchev–Trinajstić information content (AvgIpc) is 2.46.